The van der Waals surface area contributed by atoms with Crippen molar-refractivity contribution < 1.29 is 21.6 Å². The van der Waals surface area contributed by atoms with Crippen molar-refractivity contribution in [3.63, 3.8) is 0 Å². The number of anilines is 1. The number of sulfone groups is 1. The lowest BCUT2D eigenvalue weighted by Gasteiger charge is -2.19. The molecule has 2 rings (SSSR count). The van der Waals surface area contributed by atoms with Gasteiger partial charge in [0.25, 0.3) is 5.91 Å². The second-order valence-corrected chi connectivity index (χ2v) is 10.7. The molecule has 1 N–H and O–H groups in total. The fourth-order valence-corrected chi connectivity index (χ4v) is 5.49. The predicted octanol–water partition coefficient (Wildman–Crippen LogP) is 3.42. The van der Waals surface area contributed by atoms with Crippen LogP contribution in [0.2, 0.25) is 5.02 Å². The highest BCUT2D eigenvalue weighted by molar-refractivity contribution is 7.91. The van der Waals surface area contributed by atoms with Gasteiger partial charge in [-0.05, 0) is 30.3 Å². The Kier molecular flexibility index (Phi) is 7.45. The molecule has 0 spiro atoms. The molecule has 0 saturated carbocycles. The van der Waals surface area contributed by atoms with E-state index in [1.165, 1.54) is 47.6 Å². The van der Waals surface area contributed by atoms with Crippen LogP contribution in [0.5, 0.6) is 0 Å². The van der Waals surface area contributed by atoms with Crippen LogP contribution in [0.15, 0.2) is 52.3 Å². The summed E-state index contributed by atoms with van der Waals surface area (Å²) in [5.74, 6) is -0.854. The van der Waals surface area contributed by atoms with Crippen LogP contribution < -0.4 is 5.32 Å². The Labute approximate surface area is 176 Å². The first-order valence-electron chi connectivity index (χ1n) is 9.01. The molecule has 29 heavy (non-hydrogen) atoms. The predicted molar refractivity (Wildman–Crippen MR) is 114 cm³/mol. The van der Waals surface area contributed by atoms with Crippen LogP contribution >= 0.6 is 11.6 Å². The van der Waals surface area contributed by atoms with Crippen LogP contribution in [0.3, 0.4) is 0 Å². The maximum absolute atomic E-state index is 12.8. The van der Waals surface area contributed by atoms with Crippen LogP contribution in [0.4, 0.5) is 5.69 Å². The monoisotopic (exact) mass is 458 g/mol. The average Bonchev–Trinajstić information content (AvgIpc) is 2.70. The first kappa shape index (κ1) is 23.3. The zero-order valence-corrected chi connectivity index (χ0v) is 18.7. The summed E-state index contributed by atoms with van der Waals surface area (Å²) >= 11 is 6.14. The van der Waals surface area contributed by atoms with E-state index in [0.29, 0.717) is 13.1 Å². The summed E-state index contributed by atoms with van der Waals surface area (Å²) in [4.78, 5) is 12.7. The van der Waals surface area contributed by atoms with Gasteiger partial charge in [-0.15, -0.1) is 0 Å². The summed E-state index contributed by atoms with van der Waals surface area (Å²) in [6, 6.07) is 9.84. The van der Waals surface area contributed by atoms with E-state index in [1.54, 1.807) is 19.9 Å². The van der Waals surface area contributed by atoms with Gasteiger partial charge in [0, 0.05) is 13.1 Å². The molecule has 1 amide bonds. The molecule has 2 aromatic carbocycles. The molecule has 0 atom stereocenters. The van der Waals surface area contributed by atoms with E-state index in [1.807, 2.05) is 0 Å². The Morgan fingerprint density at radius 3 is 2.21 bits per heavy atom. The third-order valence-corrected chi connectivity index (χ3v) is 8.54. The number of carbonyl (C=O) groups excluding carboxylic acids is 1. The van der Waals surface area contributed by atoms with Crippen LogP contribution in [0.25, 0.3) is 0 Å². The van der Waals surface area contributed by atoms with Crippen molar-refractivity contribution >= 4 is 43.1 Å². The van der Waals surface area contributed by atoms with Crippen LogP contribution in [0, 0.1) is 0 Å². The van der Waals surface area contributed by atoms with Gasteiger partial charge in [0.2, 0.25) is 10.0 Å². The summed E-state index contributed by atoms with van der Waals surface area (Å²) < 4.78 is 51.3. The summed E-state index contributed by atoms with van der Waals surface area (Å²) in [6.45, 7) is 5.54. The van der Waals surface area contributed by atoms with Gasteiger partial charge in [-0.1, -0.05) is 44.5 Å². The Hall–Kier alpha value is -1.94. The minimum absolute atomic E-state index is 0.0182. The van der Waals surface area contributed by atoms with Gasteiger partial charge in [-0.3, -0.25) is 4.79 Å². The first-order chi connectivity index (χ1) is 13.6. The van der Waals surface area contributed by atoms with E-state index in [-0.39, 0.29) is 31.8 Å². The first-order valence-corrected chi connectivity index (χ1v) is 12.5. The second kappa shape index (κ2) is 9.25. The molecule has 0 heterocycles. The topological polar surface area (TPSA) is 101 Å². The molecule has 0 aromatic heterocycles. The van der Waals surface area contributed by atoms with Crippen molar-refractivity contribution in [2.75, 3.05) is 24.2 Å². The number of rotatable bonds is 8. The number of nitrogens with one attached hydrogen (secondary N) is 1. The highest BCUT2D eigenvalue weighted by atomic mass is 35.5. The normalized spacial score (nSPS) is 12.2. The Morgan fingerprint density at radius 2 is 1.62 bits per heavy atom. The molecular formula is C19H23ClN2O5S2. The minimum Gasteiger partial charge on any atom is -0.321 e. The molecular weight excluding hydrogens is 436 g/mol. The largest absolute Gasteiger partial charge is 0.321 e. The second-order valence-electron chi connectivity index (χ2n) is 6.08. The van der Waals surface area contributed by atoms with Crippen molar-refractivity contribution in [1.82, 2.24) is 4.31 Å². The number of carbonyl (C=O) groups is 1. The minimum atomic E-state index is -3.75. The maximum Gasteiger partial charge on any atom is 0.257 e. The fourth-order valence-electron chi connectivity index (χ4n) is 2.74. The van der Waals surface area contributed by atoms with Gasteiger partial charge in [-0.2, -0.15) is 4.31 Å². The zero-order valence-electron chi connectivity index (χ0n) is 16.3. The third kappa shape index (κ3) is 4.98. The molecule has 0 aliphatic heterocycles. The van der Waals surface area contributed by atoms with Crippen LogP contribution in [-0.2, 0) is 19.9 Å². The number of amides is 1. The molecule has 10 heteroatoms. The van der Waals surface area contributed by atoms with Crippen molar-refractivity contribution in [3.05, 3.63) is 53.1 Å². The summed E-state index contributed by atoms with van der Waals surface area (Å²) in [6.07, 6.45) is 0. The van der Waals surface area contributed by atoms with Gasteiger partial charge in [0.15, 0.2) is 9.84 Å². The molecule has 0 saturated heterocycles. The van der Waals surface area contributed by atoms with Crippen LogP contribution in [-0.4, -0.2) is 45.9 Å². The van der Waals surface area contributed by atoms with Crippen molar-refractivity contribution in [2.45, 2.75) is 30.6 Å². The fraction of sp³-hybridized carbons (Fsp3) is 0.316. The number of sulfonamides is 1. The molecule has 0 radical (unpaired) electrons. The molecule has 0 fully saturated rings. The summed E-state index contributed by atoms with van der Waals surface area (Å²) in [5, 5.41) is 2.66. The van der Waals surface area contributed by atoms with Gasteiger partial charge in [0.05, 0.1) is 31.8 Å². The van der Waals surface area contributed by atoms with E-state index in [0.717, 1.165) is 0 Å². The zero-order chi connectivity index (χ0) is 21.8. The smallest absolute Gasteiger partial charge is 0.257 e. The molecule has 0 aliphatic rings. The number of halogens is 1. The number of nitrogens with zero attached hydrogens (tertiary/aromatic N) is 1. The Bertz CT molecular complexity index is 1110. The quantitative estimate of drug-likeness (QED) is 0.653. The van der Waals surface area contributed by atoms with E-state index >= 15 is 0 Å². The van der Waals surface area contributed by atoms with Crippen molar-refractivity contribution in [3.8, 4) is 0 Å². The van der Waals surface area contributed by atoms with E-state index in [2.05, 4.69) is 5.32 Å². The molecule has 0 aliphatic carbocycles. The molecule has 0 bridgehead atoms. The Balaban J connectivity index is 2.46. The van der Waals surface area contributed by atoms with Gasteiger partial charge < -0.3 is 5.32 Å². The van der Waals surface area contributed by atoms with Gasteiger partial charge in [0.1, 0.15) is 0 Å². The van der Waals surface area contributed by atoms with E-state index in [4.69, 9.17) is 11.6 Å². The lowest BCUT2D eigenvalue weighted by molar-refractivity contribution is 0.102. The Morgan fingerprint density at radius 1 is 1.00 bits per heavy atom. The molecule has 158 valence electrons. The standard InChI is InChI=1S/C19H23ClN2O5S2/c1-4-22(5-2)29(26,27)14-11-12-16(20)17(13-14)21-19(23)15-9-7-8-10-18(15)28(24,25)6-3/h7-13H,4-6H2,1-3H3,(H,21,23). The average molecular weight is 459 g/mol. The highest BCUT2D eigenvalue weighted by Gasteiger charge is 2.24. The van der Waals surface area contributed by atoms with Crippen molar-refractivity contribution in [1.29, 1.82) is 0 Å². The summed E-state index contributed by atoms with van der Waals surface area (Å²) in [7, 11) is -7.37. The lowest BCUT2D eigenvalue weighted by atomic mass is 10.2. The third-order valence-electron chi connectivity index (χ3n) is 4.38. The number of hydrogen-bond acceptors (Lipinski definition) is 5. The lowest BCUT2D eigenvalue weighted by Crippen LogP contribution is -2.30. The van der Waals surface area contributed by atoms with Gasteiger partial charge in [-0.25, -0.2) is 16.8 Å². The maximum atomic E-state index is 12.8. The molecule has 7 nitrogen and oxygen atoms in total. The highest BCUT2D eigenvalue weighted by Crippen LogP contribution is 2.28. The number of hydrogen-bond donors (Lipinski definition) is 1. The van der Waals surface area contributed by atoms with Gasteiger partial charge >= 0.3 is 0 Å². The van der Waals surface area contributed by atoms with Crippen molar-refractivity contribution in [2.24, 2.45) is 0 Å². The van der Waals surface area contributed by atoms with E-state index in [9.17, 15) is 21.6 Å². The molecule has 0 unspecified atom stereocenters. The van der Waals surface area contributed by atoms with Crippen LogP contribution in [0.1, 0.15) is 31.1 Å². The van der Waals surface area contributed by atoms with E-state index < -0.39 is 25.8 Å². The molecule has 2 aromatic rings. The SMILES string of the molecule is CCN(CC)S(=O)(=O)c1ccc(Cl)c(NC(=O)c2ccccc2S(=O)(=O)CC)c1. The number of benzene rings is 2. The summed E-state index contributed by atoms with van der Waals surface area (Å²) in [5.41, 5.74) is 0.0380.